The summed E-state index contributed by atoms with van der Waals surface area (Å²) in [5.74, 6) is -1.01. The van der Waals surface area contributed by atoms with E-state index in [2.05, 4.69) is 173 Å². The summed E-state index contributed by atoms with van der Waals surface area (Å²) in [6.07, 6.45) is 98.5. The topological polar surface area (TPSA) is 78.9 Å². The molecule has 0 radical (unpaired) electrons. The smallest absolute Gasteiger partial charge is 0.306 e. The van der Waals surface area contributed by atoms with Crippen molar-refractivity contribution < 1.29 is 28.6 Å². The third kappa shape index (κ3) is 65.7. The van der Waals surface area contributed by atoms with Gasteiger partial charge in [-0.2, -0.15) is 0 Å². The van der Waals surface area contributed by atoms with Crippen molar-refractivity contribution in [3.8, 4) is 0 Å². The molecule has 0 aliphatic heterocycles. The Labute approximate surface area is 499 Å². The van der Waals surface area contributed by atoms with E-state index in [1.807, 2.05) is 6.08 Å². The minimum Gasteiger partial charge on any atom is -0.462 e. The monoisotopic (exact) mass is 1120 g/mol. The van der Waals surface area contributed by atoms with Gasteiger partial charge in [0.25, 0.3) is 0 Å². The fourth-order valence-corrected chi connectivity index (χ4v) is 8.63. The fraction of sp³-hybridized carbons (Fsp3) is 0.613. The van der Waals surface area contributed by atoms with E-state index in [1.54, 1.807) is 0 Å². The van der Waals surface area contributed by atoms with Gasteiger partial charge in [0.15, 0.2) is 6.10 Å². The average Bonchev–Trinajstić information content (AvgIpc) is 3.47. The molecule has 0 aliphatic rings. The number of unbranched alkanes of at least 4 members (excludes halogenated alkanes) is 21. The van der Waals surface area contributed by atoms with Crippen LogP contribution in [0.1, 0.15) is 278 Å². The Hall–Kier alpha value is -4.97. The van der Waals surface area contributed by atoms with Crippen LogP contribution in [-0.4, -0.2) is 37.2 Å². The van der Waals surface area contributed by atoms with Crippen molar-refractivity contribution in [1.82, 2.24) is 0 Å². The van der Waals surface area contributed by atoms with E-state index in [9.17, 15) is 14.4 Å². The van der Waals surface area contributed by atoms with Crippen molar-refractivity contribution >= 4 is 17.9 Å². The molecule has 0 amide bonds. The molecule has 0 aliphatic carbocycles. The van der Waals surface area contributed by atoms with Gasteiger partial charge < -0.3 is 14.2 Å². The van der Waals surface area contributed by atoms with Crippen LogP contribution in [0.25, 0.3) is 0 Å². The van der Waals surface area contributed by atoms with E-state index >= 15 is 0 Å². The number of carbonyl (C=O) groups is 3. The van der Waals surface area contributed by atoms with Crippen LogP contribution >= 0.6 is 0 Å². The van der Waals surface area contributed by atoms with Gasteiger partial charge >= 0.3 is 17.9 Å². The summed E-state index contributed by atoms with van der Waals surface area (Å²) in [7, 11) is 0. The molecular formula is C75H120O6. The maximum absolute atomic E-state index is 12.9. The van der Waals surface area contributed by atoms with Crippen molar-refractivity contribution in [3.63, 3.8) is 0 Å². The highest BCUT2D eigenvalue weighted by Gasteiger charge is 2.19. The highest BCUT2D eigenvalue weighted by Crippen LogP contribution is 2.15. The lowest BCUT2D eigenvalue weighted by atomic mass is 10.0. The van der Waals surface area contributed by atoms with Crippen molar-refractivity contribution in [3.05, 3.63) is 158 Å². The Balaban J connectivity index is 4.28. The van der Waals surface area contributed by atoms with Gasteiger partial charge in [-0.15, -0.1) is 0 Å². The molecule has 0 aromatic rings. The van der Waals surface area contributed by atoms with E-state index in [0.717, 1.165) is 128 Å². The van der Waals surface area contributed by atoms with Gasteiger partial charge in [0, 0.05) is 19.3 Å². The van der Waals surface area contributed by atoms with E-state index < -0.39 is 12.1 Å². The molecule has 0 bridgehead atoms. The molecule has 456 valence electrons. The Morgan fingerprint density at radius 3 is 0.815 bits per heavy atom. The molecule has 0 saturated carbocycles. The number of hydrogen-bond donors (Lipinski definition) is 0. The number of hydrogen-bond acceptors (Lipinski definition) is 6. The van der Waals surface area contributed by atoms with Crippen molar-refractivity contribution in [2.45, 2.75) is 284 Å². The molecule has 0 spiro atoms. The Kier molecular flexibility index (Phi) is 63.4. The first-order valence-electron chi connectivity index (χ1n) is 33.0. The normalized spacial score (nSPS) is 13.2. The maximum atomic E-state index is 12.9. The highest BCUT2D eigenvalue weighted by atomic mass is 16.6. The van der Waals surface area contributed by atoms with Gasteiger partial charge in [0.2, 0.25) is 0 Å². The number of carbonyl (C=O) groups excluding carboxylic acids is 3. The van der Waals surface area contributed by atoms with Crippen LogP contribution in [0, 0.1) is 0 Å². The van der Waals surface area contributed by atoms with Crippen molar-refractivity contribution in [2.24, 2.45) is 0 Å². The van der Waals surface area contributed by atoms with Gasteiger partial charge in [-0.25, -0.2) is 0 Å². The first-order valence-corrected chi connectivity index (χ1v) is 33.0. The van der Waals surface area contributed by atoms with Crippen LogP contribution in [0.3, 0.4) is 0 Å². The van der Waals surface area contributed by atoms with E-state index in [0.29, 0.717) is 19.3 Å². The Bertz CT molecular complexity index is 1810. The van der Waals surface area contributed by atoms with Gasteiger partial charge in [0.05, 0.1) is 0 Å². The third-order valence-corrected chi connectivity index (χ3v) is 13.5. The van der Waals surface area contributed by atoms with Crippen molar-refractivity contribution in [1.29, 1.82) is 0 Å². The molecule has 0 fully saturated rings. The SMILES string of the molecule is CC/C=C\C/C=C\C/C=C\C/C=C\C/C=C\C/C=C\CCCCCCCCCCCCCCCCC(=O)OCC(COC(=O)CCCCCCC/C=C\CCCC)OC(=O)CC/C=C\C/C=C\C/C=C\C/C=C\C/C=C\C/C=C\CC. The third-order valence-electron chi connectivity index (χ3n) is 13.5. The summed E-state index contributed by atoms with van der Waals surface area (Å²) < 4.78 is 16.8. The number of allylic oxidation sites excluding steroid dienone is 26. The van der Waals surface area contributed by atoms with Crippen molar-refractivity contribution in [2.75, 3.05) is 13.2 Å². The van der Waals surface area contributed by atoms with Gasteiger partial charge in [-0.3, -0.25) is 14.4 Å². The first kappa shape index (κ1) is 76.0. The highest BCUT2D eigenvalue weighted by molar-refractivity contribution is 5.71. The van der Waals surface area contributed by atoms with Crippen LogP contribution in [0.15, 0.2) is 158 Å². The second-order valence-corrected chi connectivity index (χ2v) is 21.3. The van der Waals surface area contributed by atoms with Gasteiger partial charge in [-0.1, -0.05) is 288 Å². The lowest BCUT2D eigenvalue weighted by Gasteiger charge is -2.18. The number of ether oxygens (including phenoxy) is 3. The minimum atomic E-state index is -0.828. The molecule has 0 aromatic carbocycles. The lowest BCUT2D eigenvalue weighted by molar-refractivity contribution is -0.166. The zero-order chi connectivity index (χ0) is 58.5. The predicted molar refractivity (Wildman–Crippen MR) is 352 cm³/mol. The summed E-state index contributed by atoms with van der Waals surface area (Å²) in [6.45, 7) is 6.30. The Morgan fingerprint density at radius 2 is 0.506 bits per heavy atom. The molecule has 81 heavy (non-hydrogen) atoms. The molecule has 0 rings (SSSR count). The van der Waals surface area contributed by atoms with E-state index in [4.69, 9.17) is 14.2 Å². The lowest BCUT2D eigenvalue weighted by Crippen LogP contribution is -2.30. The minimum absolute atomic E-state index is 0.115. The molecule has 0 aromatic heterocycles. The predicted octanol–water partition coefficient (Wildman–Crippen LogP) is 22.9. The summed E-state index contributed by atoms with van der Waals surface area (Å²) in [6, 6.07) is 0. The fourth-order valence-electron chi connectivity index (χ4n) is 8.63. The van der Waals surface area contributed by atoms with E-state index in [1.165, 1.54) is 103 Å². The second kappa shape index (κ2) is 67.5. The van der Waals surface area contributed by atoms with Crippen LogP contribution in [0.2, 0.25) is 0 Å². The maximum Gasteiger partial charge on any atom is 0.306 e. The number of esters is 3. The van der Waals surface area contributed by atoms with Crippen LogP contribution in [-0.2, 0) is 28.6 Å². The zero-order valence-corrected chi connectivity index (χ0v) is 52.2. The molecule has 0 heterocycles. The van der Waals surface area contributed by atoms with Crippen LogP contribution in [0.5, 0.6) is 0 Å². The molecule has 6 heteroatoms. The molecule has 6 nitrogen and oxygen atoms in total. The second-order valence-electron chi connectivity index (χ2n) is 21.3. The summed E-state index contributed by atoms with van der Waals surface area (Å²) in [5, 5.41) is 0. The molecule has 0 saturated heterocycles. The van der Waals surface area contributed by atoms with E-state index in [-0.39, 0.29) is 31.6 Å². The number of rotatable bonds is 58. The summed E-state index contributed by atoms with van der Waals surface area (Å²) in [4.78, 5) is 38.2. The van der Waals surface area contributed by atoms with Crippen LogP contribution < -0.4 is 0 Å². The largest absolute Gasteiger partial charge is 0.462 e. The molecule has 0 N–H and O–H groups in total. The zero-order valence-electron chi connectivity index (χ0n) is 52.2. The standard InChI is InChI=1S/C75H120O6/c1-4-7-10-13-16-19-22-24-26-28-30-31-32-33-34-35-36-37-38-39-40-41-42-43-45-46-48-50-53-56-59-62-65-68-74(77)80-71-72(70-79-73(76)67-64-61-58-55-52-21-18-15-12-9-6-3)81-75(78)69-66-63-60-57-54-51-49-47-44-29-27-25-23-20-17-14-11-8-5-2/h7-8,10-11,15-20,24-27,30-31,33-34,36-37,44,47,51,54,60,63,72H,4-6,9,12-14,21-23,28-29,32,35,38-43,45-46,48-50,52-53,55-59,61-62,64-71H2,1-3H3/b10-7-,11-8-,18-15-,19-16-,20-17-,26-24-,27-25-,31-30-,34-33-,37-36-,47-44-,54-51-,63-60-. The summed E-state index contributed by atoms with van der Waals surface area (Å²) >= 11 is 0. The quantitative estimate of drug-likeness (QED) is 0.0261. The molecule has 1 unspecified atom stereocenters. The van der Waals surface area contributed by atoms with Gasteiger partial charge in [0.1, 0.15) is 13.2 Å². The Morgan fingerprint density at radius 1 is 0.259 bits per heavy atom. The molecule has 1 atom stereocenters. The molecular weight excluding hydrogens is 997 g/mol. The average molecular weight is 1120 g/mol. The van der Waals surface area contributed by atoms with Crippen LogP contribution in [0.4, 0.5) is 0 Å². The first-order chi connectivity index (χ1) is 40.0. The van der Waals surface area contributed by atoms with Gasteiger partial charge in [-0.05, 0) is 128 Å². The summed E-state index contributed by atoms with van der Waals surface area (Å²) in [5.41, 5.74) is 0.